The Balaban J connectivity index is 1.69. The first kappa shape index (κ1) is 13.0. The zero-order valence-electron chi connectivity index (χ0n) is 12.6. The van der Waals surface area contributed by atoms with Gasteiger partial charge in [-0.1, -0.05) is 33.6 Å². The van der Waals surface area contributed by atoms with Gasteiger partial charge >= 0.3 is 0 Å². The molecule has 4 fully saturated rings. The van der Waals surface area contributed by atoms with E-state index in [0.29, 0.717) is 16.4 Å². The molecule has 1 N–H and O–H groups in total. The van der Waals surface area contributed by atoms with Gasteiger partial charge in [0.05, 0.1) is 0 Å². The number of hydrogen-bond donors (Lipinski definition) is 1. The summed E-state index contributed by atoms with van der Waals surface area (Å²) in [6.45, 7) is 8.69. The lowest BCUT2D eigenvalue weighted by molar-refractivity contribution is -0.117. The molecule has 4 bridgehead atoms. The van der Waals surface area contributed by atoms with Crippen LogP contribution in [-0.4, -0.2) is 12.1 Å². The molecule has 4 aliphatic rings. The van der Waals surface area contributed by atoms with Crippen LogP contribution in [0.3, 0.4) is 0 Å². The molecule has 4 saturated carbocycles. The molecule has 2 atom stereocenters. The minimum Gasteiger partial charge on any atom is -0.311 e. The van der Waals surface area contributed by atoms with Crippen LogP contribution in [0.5, 0.6) is 0 Å². The summed E-state index contributed by atoms with van der Waals surface area (Å²) in [7, 11) is 0. The van der Waals surface area contributed by atoms with Gasteiger partial charge in [0.25, 0.3) is 0 Å². The zero-order chi connectivity index (χ0) is 12.9. The van der Waals surface area contributed by atoms with E-state index in [-0.39, 0.29) is 0 Å². The average Bonchev–Trinajstić information content (AvgIpc) is 2.19. The van der Waals surface area contributed by atoms with Crippen LogP contribution in [0.1, 0.15) is 78.6 Å². The molecule has 0 aromatic heterocycles. The van der Waals surface area contributed by atoms with Crippen LogP contribution in [0, 0.1) is 16.7 Å². The molecule has 2 unspecified atom stereocenters. The molecule has 0 aromatic rings. The summed E-state index contributed by atoms with van der Waals surface area (Å²) >= 11 is 0. The van der Waals surface area contributed by atoms with E-state index in [9.17, 15) is 0 Å². The third-order valence-electron chi connectivity index (χ3n) is 5.91. The van der Waals surface area contributed by atoms with E-state index < -0.39 is 0 Å². The second-order valence-corrected chi connectivity index (χ2v) is 8.54. The Morgan fingerprint density at radius 2 is 1.61 bits per heavy atom. The smallest absolute Gasteiger partial charge is 0.0194 e. The Hall–Kier alpha value is -0.0400. The number of unbranched alkanes of at least 4 members (excludes halogenated alkanes) is 2. The van der Waals surface area contributed by atoms with Crippen LogP contribution in [0.4, 0.5) is 0 Å². The fourth-order valence-corrected chi connectivity index (χ4v) is 6.37. The van der Waals surface area contributed by atoms with E-state index in [1.165, 1.54) is 64.3 Å². The molecule has 0 aliphatic heterocycles. The van der Waals surface area contributed by atoms with E-state index in [2.05, 4.69) is 26.1 Å². The summed E-state index contributed by atoms with van der Waals surface area (Å²) < 4.78 is 0. The lowest BCUT2D eigenvalue weighted by Crippen LogP contribution is -2.64. The summed E-state index contributed by atoms with van der Waals surface area (Å²) in [5, 5.41) is 4.01. The van der Waals surface area contributed by atoms with Gasteiger partial charge in [0.15, 0.2) is 0 Å². The normalized spacial score (nSPS) is 49.8. The van der Waals surface area contributed by atoms with Crippen molar-refractivity contribution in [1.82, 2.24) is 5.32 Å². The third kappa shape index (κ3) is 2.24. The molecule has 0 radical (unpaired) electrons. The molecule has 104 valence electrons. The molecule has 4 aliphatic carbocycles. The quantitative estimate of drug-likeness (QED) is 0.707. The van der Waals surface area contributed by atoms with Crippen molar-refractivity contribution in [3.05, 3.63) is 0 Å². The van der Waals surface area contributed by atoms with Crippen molar-refractivity contribution >= 4 is 0 Å². The second-order valence-electron chi connectivity index (χ2n) is 8.54. The minimum absolute atomic E-state index is 0.524. The van der Waals surface area contributed by atoms with Crippen LogP contribution < -0.4 is 5.32 Å². The number of hydrogen-bond acceptors (Lipinski definition) is 1. The SMILES string of the molecule is CCCCCNC12CC3CC(C)(CC(C)(C3)C1)C2. The Morgan fingerprint density at radius 3 is 2.17 bits per heavy atom. The zero-order valence-corrected chi connectivity index (χ0v) is 12.6. The summed E-state index contributed by atoms with van der Waals surface area (Å²) in [5.74, 6) is 1.02. The minimum atomic E-state index is 0.524. The Labute approximate surface area is 113 Å². The van der Waals surface area contributed by atoms with Crippen LogP contribution in [0.2, 0.25) is 0 Å². The number of nitrogens with one attached hydrogen (secondary N) is 1. The van der Waals surface area contributed by atoms with Crippen LogP contribution in [-0.2, 0) is 0 Å². The van der Waals surface area contributed by atoms with Gasteiger partial charge in [-0.05, 0) is 68.2 Å². The van der Waals surface area contributed by atoms with Crippen LogP contribution >= 0.6 is 0 Å². The maximum absolute atomic E-state index is 4.01. The third-order valence-corrected chi connectivity index (χ3v) is 5.91. The topological polar surface area (TPSA) is 12.0 Å². The molecule has 1 nitrogen and oxygen atoms in total. The fourth-order valence-electron chi connectivity index (χ4n) is 6.37. The van der Waals surface area contributed by atoms with E-state index in [0.717, 1.165) is 5.92 Å². The molecule has 1 heteroatoms. The van der Waals surface area contributed by atoms with E-state index in [4.69, 9.17) is 0 Å². The predicted octanol–water partition coefficient (Wildman–Crippen LogP) is 4.52. The highest BCUT2D eigenvalue weighted by atomic mass is 15.0. The highest BCUT2D eigenvalue weighted by Crippen LogP contribution is 2.66. The summed E-state index contributed by atoms with van der Waals surface area (Å²) in [6.07, 6.45) is 13.0. The lowest BCUT2D eigenvalue weighted by atomic mass is 9.43. The van der Waals surface area contributed by atoms with Crippen molar-refractivity contribution in [2.75, 3.05) is 6.54 Å². The first-order chi connectivity index (χ1) is 8.47. The van der Waals surface area contributed by atoms with Crippen molar-refractivity contribution in [1.29, 1.82) is 0 Å². The number of rotatable bonds is 5. The largest absolute Gasteiger partial charge is 0.311 e. The van der Waals surface area contributed by atoms with Gasteiger partial charge in [-0.15, -0.1) is 0 Å². The molecule has 0 heterocycles. The second kappa shape index (κ2) is 4.23. The van der Waals surface area contributed by atoms with Gasteiger partial charge < -0.3 is 5.32 Å². The van der Waals surface area contributed by atoms with E-state index in [1.54, 1.807) is 0 Å². The molecule has 0 saturated heterocycles. The summed E-state index contributed by atoms with van der Waals surface area (Å²) in [6, 6.07) is 0. The Bertz CT molecular complexity index is 304. The highest BCUT2D eigenvalue weighted by Gasteiger charge is 2.59. The monoisotopic (exact) mass is 249 g/mol. The average molecular weight is 249 g/mol. The maximum Gasteiger partial charge on any atom is 0.0194 e. The van der Waals surface area contributed by atoms with Gasteiger partial charge in [-0.3, -0.25) is 0 Å². The molecule has 4 rings (SSSR count). The predicted molar refractivity (Wildman–Crippen MR) is 77.7 cm³/mol. The Morgan fingerprint density at radius 1 is 0.944 bits per heavy atom. The van der Waals surface area contributed by atoms with E-state index >= 15 is 0 Å². The van der Waals surface area contributed by atoms with Crippen molar-refractivity contribution < 1.29 is 0 Å². The molecule has 0 aromatic carbocycles. The van der Waals surface area contributed by atoms with Gasteiger partial charge in [0.1, 0.15) is 0 Å². The molecular formula is C17H31N. The fraction of sp³-hybridized carbons (Fsp3) is 1.00. The van der Waals surface area contributed by atoms with Gasteiger partial charge in [0, 0.05) is 5.54 Å². The standard InChI is InChI=1S/C17H31N/c1-4-5-6-7-18-17-10-14-8-15(2,12-17)11-16(3,9-14)13-17/h14,18H,4-13H2,1-3H3. The van der Waals surface area contributed by atoms with Gasteiger partial charge in [-0.2, -0.15) is 0 Å². The van der Waals surface area contributed by atoms with Crippen molar-refractivity contribution in [2.45, 2.75) is 84.1 Å². The van der Waals surface area contributed by atoms with Crippen molar-refractivity contribution in [3.63, 3.8) is 0 Å². The van der Waals surface area contributed by atoms with Crippen LogP contribution in [0.25, 0.3) is 0 Å². The molecule has 0 amide bonds. The first-order valence-corrected chi connectivity index (χ1v) is 8.22. The summed E-state index contributed by atoms with van der Waals surface area (Å²) in [4.78, 5) is 0. The summed E-state index contributed by atoms with van der Waals surface area (Å²) in [5.41, 5.74) is 1.84. The molecular weight excluding hydrogens is 218 g/mol. The van der Waals surface area contributed by atoms with Gasteiger partial charge in [-0.25, -0.2) is 0 Å². The van der Waals surface area contributed by atoms with Crippen molar-refractivity contribution in [3.8, 4) is 0 Å². The molecule has 18 heavy (non-hydrogen) atoms. The maximum atomic E-state index is 4.01. The van der Waals surface area contributed by atoms with Gasteiger partial charge in [0.2, 0.25) is 0 Å². The highest BCUT2D eigenvalue weighted by molar-refractivity contribution is 5.14. The van der Waals surface area contributed by atoms with Crippen LogP contribution in [0.15, 0.2) is 0 Å². The lowest BCUT2D eigenvalue weighted by Gasteiger charge is -2.65. The van der Waals surface area contributed by atoms with Crippen molar-refractivity contribution in [2.24, 2.45) is 16.7 Å². The van der Waals surface area contributed by atoms with E-state index in [1.807, 2.05) is 0 Å². The molecule has 0 spiro atoms. The first-order valence-electron chi connectivity index (χ1n) is 8.22. The Kier molecular flexibility index (Phi) is 3.05.